The van der Waals surface area contributed by atoms with Crippen molar-refractivity contribution in [2.24, 2.45) is 0 Å². The summed E-state index contributed by atoms with van der Waals surface area (Å²) in [7, 11) is 0. The molecule has 0 saturated carbocycles. The highest BCUT2D eigenvalue weighted by atomic mass is 14.2. The molecule has 3 aromatic rings. The van der Waals surface area contributed by atoms with Crippen molar-refractivity contribution >= 4 is 5.57 Å². The Kier molecular flexibility index (Phi) is 5.22. The smallest absolute Gasteiger partial charge is 0.0402 e. The van der Waals surface area contributed by atoms with Gasteiger partial charge in [-0.15, -0.1) is 0 Å². The Bertz CT molecular complexity index is 1010. The Morgan fingerprint density at radius 2 is 1.44 bits per heavy atom. The van der Waals surface area contributed by atoms with Crippen molar-refractivity contribution in [1.82, 2.24) is 0 Å². The molecule has 0 heterocycles. The second kappa shape index (κ2) is 8.11. The first-order valence-corrected chi connectivity index (χ1v) is 9.78. The van der Waals surface area contributed by atoms with Crippen LogP contribution >= 0.6 is 0 Å². The number of benzene rings is 3. The van der Waals surface area contributed by atoms with Crippen LogP contribution in [0, 0.1) is 18.8 Å². The Labute approximate surface area is 162 Å². The molecule has 1 aliphatic rings. The molecule has 0 radical (unpaired) electrons. The molecule has 0 aliphatic heterocycles. The van der Waals surface area contributed by atoms with E-state index in [2.05, 4.69) is 79.4 Å². The van der Waals surface area contributed by atoms with Gasteiger partial charge in [-0.3, -0.25) is 0 Å². The fourth-order valence-electron chi connectivity index (χ4n) is 3.76. The average Bonchev–Trinajstić information content (AvgIpc) is 2.74. The molecule has 0 N–H and O–H groups in total. The first-order chi connectivity index (χ1) is 13.3. The minimum Gasteiger partial charge on any atom is -0.0807 e. The van der Waals surface area contributed by atoms with Crippen molar-refractivity contribution in [2.75, 3.05) is 0 Å². The van der Waals surface area contributed by atoms with Gasteiger partial charge < -0.3 is 0 Å². The van der Waals surface area contributed by atoms with Gasteiger partial charge in [0.2, 0.25) is 0 Å². The molecule has 0 heteroatoms. The van der Waals surface area contributed by atoms with Crippen LogP contribution in [0.1, 0.15) is 47.9 Å². The third-order valence-electron chi connectivity index (χ3n) is 5.11. The number of aryl methyl sites for hydroxylation is 1. The molecular weight excluding hydrogens is 324 g/mol. The molecule has 0 unspecified atom stereocenters. The van der Waals surface area contributed by atoms with Crippen molar-refractivity contribution in [3.8, 4) is 23.0 Å². The second-order valence-corrected chi connectivity index (χ2v) is 7.19. The highest BCUT2D eigenvalue weighted by Gasteiger charge is 2.15. The Hall–Kier alpha value is -3.04. The van der Waals surface area contributed by atoms with Crippen LogP contribution in [0.2, 0.25) is 0 Å². The third kappa shape index (κ3) is 4.04. The molecule has 0 saturated heterocycles. The summed E-state index contributed by atoms with van der Waals surface area (Å²) in [6.07, 6.45) is 7.31. The number of allylic oxidation sites excluding steroid dienone is 2. The normalized spacial score (nSPS) is 13.4. The summed E-state index contributed by atoms with van der Waals surface area (Å²) >= 11 is 0. The zero-order valence-corrected chi connectivity index (χ0v) is 15.8. The summed E-state index contributed by atoms with van der Waals surface area (Å²) in [6, 6.07) is 25.5. The van der Waals surface area contributed by atoms with E-state index in [1.165, 1.54) is 47.1 Å². The highest BCUT2D eigenvalue weighted by molar-refractivity contribution is 5.82. The van der Waals surface area contributed by atoms with E-state index < -0.39 is 0 Å². The van der Waals surface area contributed by atoms with Gasteiger partial charge in [-0.25, -0.2) is 0 Å². The molecule has 4 rings (SSSR count). The third-order valence-corrected chi connectivity index (χ3v) is 5.11. The van der Waals surface area contributed by atoms with Crippen molar-refractivity contribution in [3.63, 3.8) is 0 Å². The molecule has 0 fully saturated rings. The van der Waals surface area contributed by atoms with E-state index in [1.807, 2.05) is 18.2 Å². The van der Waals surface area contributed by atoms with Gasteiger partial charge >= 0.3 is 0 Å². The molecule has 0 amide bonds. The van der Waals surface area contributed by atoms with Crippen LogP contribution in [0.25, 0.3) is 16.7 Å². The van der Waals surface area contributed by atoms with Gasteiger partial charge in [0.25, 0.3) is 0 Å². The van der Waals surface area contributed by atoms with E-state index in [0.717, 1.165) is 17.5 Å². The van der Waals surface area contributed by atoms with Gasteiger partial charge in [-0.05, 0) is 72.6 Å². The summed E-state index contributed by atoms with van der Waals surface area (Å²) in [4.78, 5) is 0. The summed E-state index contributed by atoms with van der Waals surface area (Å²) in [5.41, 5.74) is 8.75. The maximum Gasteiger partial charge on any atom is 0.0402 e. The quantitative estimate of drug-likeness (QED) is 0.437. The zero-order chi connectivity index (χ0) is 18.5. The van der Waals surface area contributed by atoms with Crippen LogP contribution in [0.3, 0.4) is 0 Å². The zero-order valence-electron chi connectivity index (χ0n) is 15.8. The summed E-state index contributed by atoms with van der Waals surface area (Å²) < 4.78 is 0. The molecule has 3 aromatic carbocycles. The lowest BCUT2D eigenvalue weighted by atomic mass is 9.86. The molecule has 0 bridgehead atoms. The van der Waals surface area contributed by atoms with E-state index in [9.17, 15) is 0 Å². The van der Waals surface area contributed by atoms with E-state index in [1.54, 1.807) is 0 Å². The first-order valence-electron chi connectivity index (χ1n) is 9.78. The standard InChI is InChI=1S/C27H24/c1-21-19-26(23-13-7-3-8-14-23)25(18-17-22-11-5-2-6-12-22)27(20-21)24-15-9-4-10-16-24/h2-3,5-8,11-15,19-20H,4,9-10,16H2,1H3. The van der Waals surface area contributed by atoms with Crippen LogP contribution in [-0.2, 0) is 0 Å². The lowest BCUT2D eigenvalue weighted by Gasteiger charge is -2.18. The highest BCUT2D eigenvalue weighted by Crippen LogP contribution is 2.35. The van der Waals surface area contributed by atoms with E-state index in [4.69, 9.17) is 0 Å². The molecule has 0 nitrogen and oxygen atoms in total. The van der Waals surface area contributed by atoms with E-state index >= 15 is 0 Å². The minimum absolute atomic E-state index is 1.06. The molecule has 0 atom stereocenters. The lowest BCUT2D eigenvalue weighted by molar-refractivity contribution is 0.742. The summed E-state index contributed by atoms with van der Waals surface area (Å²) in [6.45, 7) is 2.19. The second-order valence-electron chi connectivity index (χ2n) is 7.19. The van der Waals surface area contributed by atoms with Crippen LogP contribution in [0.4, 0.5) is 0 Å². The fourth-order valence-corrected chi connectivity index (χ4v) is 3.76. The molecule has 0 aromatic heterocycles. The van der Waals surface area contributed by atoms with Gasteiger partial charge in [-0.2, -0.15) is 0 Å². The van der Waals surface area contributed by atoms with Gasteiger partial charge in [-0.1, -0.05) is 78.6 Å². The van der Waals surface area contributed by atoms with E-state index in [-0.39, 0.29) is 0 Å². The van der Waals surface area contributed by atoms with Gasteiger partial charge in [0.1, 0.15) is 0 Å². The average molecular weight is 348 g/mol. The molecule has 27 heavy (non-hydrogen) atoms. The fraction of sp³-hybridized carbons (Fsp3) is 0.185. The monoisotopic (exact) mass is 348 g/mol. The SMILES string of the molecule is Cc1cc(C2=CCCCC2)c(C#Cc2ccccc2)c(-c2ccccc2)c1. The predicted octanol–water partition coefficient (Wildman–Crippen LogP) is 7.02. The van der Waals surface area contributed by atoms with Crippen molar-refractivity contribution in [1.29, 1.82) is 0 Å². The molecular formula is C27H24. The number of hydrogen-bond acceptors (Lipinski definition) is 0. The molecule has 132 valence electrons. The van der Waals surface area contributed by atoms with Gasteiger partial charge in [0.05, 0.1) is 0 Å². The van der Waals surface area contributed by atoms with Gasteiger partial charge in [0, 0.05) is 11.1 Å². The van der Waals surface area contributed by atoms with Crippen molar-refractivity contribution < 1.29 is 0 Å². The number of hydrogen-bond donors (Lipinski definition) is 0. The summed E-state index contributed by atoms with van der Waals surface area (Å²) in [5, 5.41) is 0. The maximum absolute atomic E-state index is 3.53. The molecule has 1 aliphatic carbocycles. The largest absolute Gasteiger partial charge is 0.0807 e. The Morgan fingerprint density at radius 3 is 2.15 bits per heavy atom. The maximum atomic E-state index is 3.53. The topological polar surface area (TPSA) is 0 Å². The van der Waals surface area contributed by atoms with Crippen LogP contribution in [-0.4, -0.2) is 0 Å². The number of rotatable bonds is 2. The van der Waals surface area contributed by atoms with Crippen molar-refractivity contribution in [2.45, 2.75) is 32.6 Å². The molecule has 0 spiro atoms. The van der Waals surface area contributed by atoms with Crippen LogP contribution in [0.5, 0.6) is 0 Å². The van der Waals surface area contributed by atoms with Crippen LogP contribution in [0.15, 0.2) is 78.9 Å². The Balaban J connectivity index is 1.92. The van der Waals surface area contributed by atoms with E-state index in [0.29, 0.717) is 0 Å². The van der Waals surface area contributed by atoms with Gasteiger partial charge in [0.15, 0.2) is 0 Å². The predicted molar refractivity (Wildman–Crippen MR) is 115 cm³/mol. The van der Waals surface area contributed by atoms with Crippen LogP contribution < -0.4 is 0 Å². The summed E-state index contributed by atoms with van der Waals surface area (Å²) in [5.74, 6) is 6.92. The van der Waals surface area contributed by atoms with Crippen molar-refractivity contribution in [3.05, 3.63) is 101 Å². The minimum atomic E-state index is 1.06. The Morgan fingerprint density at radius 1 is 0.741 bits per heavy atom. The first kappa shape index (κ1) is 17.4. The lowest BCUT2D eigenvalue weighted by Crippen LogP contribution is -1.99.